The average molecular weight is 487 g/mol. The van der Waals surface area contributed by atoms with Crippen LogP contribution in [-0.4, -0.2) is 47.4 Å². The summed E-state index contributed by atoms with van der Waals surface area (Å²) in [5.74, 6) is 0.423. The van der Waals surface area contributed by atoms with Crippen molar-refractivity contribution in [3.8, 4) is 5.75 Å². The topological polar surface area (TPSA) is 81.0 Å². The quantitative estimate of drug-likeness (QED) is 0.341. The van der Waals surface area contributed by atoms with E-state index in [0.717, 1.165) is 58.8 Å². The van der Waals surface area contributed by atoms with Crippen LogP contribution in [0.2, 0.25) is 0 Å². The van der Waals surface area contributed by atoms with Crippen molar-refractivity contribution in [1.82, 2.24) is 9.47 Å². The van der Waals surface area contributed by atoms with Gasteiger partial charge >= 0.3 is 12.1 Å². The molecule has 0 amide bonds. The molecule has 2 heterocycles. The standard InChI is InChI=1S/C29H30N2O5/c1-18-16-26(35-2)24(22-13-15-31(27(18)22)29(33)34)17-30-14-7-6-10-25(30)21-11-12-23(28(32)36-3)20-9-5-4-8-19(20)21/h4-5,8-9,11-13,15-16,25H,6-7,10,14,17H2,1-3H3,(H,33,34). The molecule has 5 rings (SSSR count). The van der Waals surface area contributed by atoms with Gasteiger partial charge in [-0.25, -0.2) is 9.59 Å². The predicted octanol–water partition coefficient (Wildman–Crippen LogP) is 6.15. The number of nitrogens with zero attached hydrogens (tertiary/aromatic N) is 2. The van der Waals surface area contributed by atoms with E-state index in [0.29, 0.717) is 17.6 Å². The molecule has 0 aliphatic carbocycles. The van der Waals surface area contributed by atoms with Gasteiger partial charge in [-0.1, -0.05) is 36.8 Å². The monoisotopic (exact) mass is 486 g/mol. The van der Waals surface area contributed by atoms with E-state index in [9.17, 15) is 14.7 Å². The van der Waals surface area contributed by atoms with Crippen LogP contribution in [0.3, 0.4) is 0 Å². The van der Waals surface area contributed by atoms with E-state index >= 15 is 0 Å². The molecule has 1 aliphatic heterocycles. The van der Waals surface area contributed by atoms with E-state index in [2.05, 4.69) is 17.0 Å². The first kappa shape index (κ1) is 23.9. The van der Waals surface area contributed by atoms with Gasteiger partial charge in [0.15, 0.2) is 0 Å². The molecular formula is C29H30N2O5. The van der Waals surface area contributed by atoms with E-state index in [4.69, 9.17) is 9.47 Å². The van der Waals surface area contributed by atoms with Gasteiger partial charge in [-0.2, -0.15) is 0 Å². The Balaban J connectivity index is 1.61. The van der Waals surface area contributed by atoms with Gasteiger partial charge in [-0.3, -0.25) is 9.47 Å². The van der Waals surface area contributed by atoms with E-state index in [1.165, 1.54) is 17.2 Å². The largest absolute Gasteiger partial charge is 0.496 e. The third-order valence-electron chi connectivity index (χ3n) is 7.35. The summed E-state index contributed by atoms with van der Waals surface area (Å²) in [7, 11) is 3.06. The number of ether oxygens (including phenoxy) is 2. The van der Waals surface area contributed by atoms with E-state index < -0.39 is 6.09 Å². The van der Waals surface area contributed by atoms with Crippen LogP contribution in [0.4, 0.5) is 4.79 Å². The van der Waals surface area contributed by atoms with Gasteiger partial charge in [0.05, 0.1) is 25.3 Å². The minimum absolute atomic E-state index is 0.151. The van der Waals surface area contributed by atoms with E-state index in [1.54, 1.807) is 13.3 Å². The Morgan fingerprint density at radius 1 is 1.03 bits per heavy atom. The number of fused-ring (bicyclic) bond motifs is 2. The van der Waals surface area contributed by atoms with Crippen molar-refractivity contribution < 1.29 is 24.2 Å². The molecule has 186 valence electrons. The van der Waals surface area contributed by atoms with Crippen LogP contribution in [0.5, 0.6) is 5.75 Å². The zero-order chi connectivity index (χ0) is 25.4. The molecule has 1 unspecified atom stereocenters. The molecule has 1 aliphatic rings. The molecule has 1 atom stereocenters. The van der Waals surface area contributed by atoms with Crippen LogP contribution in [0.25, 0.3) is 21.7 Å². The summed E-state index contributed by atoms with van der Waals surface area (Å²) in [5.41, 5.74) is 4.29. The first-order valence-electron chi connectivity index (χ1n) is 12.2. The van der Waals surface area contributed by atoms with Gasteiger partial charge in [0.2, 0.25) is 0 Å². The number of likely N-dealkylation sites (tertiary alicyclic amines) is 1. The smallest absolute Gasteiger partial charge is 0.416 e. The van der Waals surface area contributed by atoms with Gasteiger partial charge in [-0.15, -0.1) is 0 Å². The number of piperidine rings is 1. The number of hydrogen-bond donors (Lipinski definition) is 1. The molecule has 1 saturated heterocycles. The third-order valence-corrected chi connectivity index (χ3v) is 7.35. The fourth-order valence-electron chi connectivity index (χ4n) is 5.70. The molecule has 36 heavy (non-hydrogen) atoms. The van der Waals surface area contributed by atoms with Gasteiger partial charge in [0.25, 0.3) is 0 Å². The highest BCUT2D eigenvalue weighted by atomic mass is 16.5. The van der Waals surface area contributed by atoms with Crippen molar-refractivity contribution in [2.45, 2.75) is 38.8 Å². The van der Waals surface area contributed by atoms with Crippen molar-refractivity contribution >= 4 is 33.7 Å². The second kappa shape index (κ2) is 9.66. The van der Waals surface area contributed by atoms with E-state index in [1.807, 2.05) is 43.3 Å². The lowest BCUT2D eigenvalue weighted by molar-refractivity contribution is 0.0603. The molecule has 1 N–H and O–H groups in total. The molecule has 0 bridgehead atoms. The minimum Gasteiger partial charge on any atom is -0.496 e. The number of hydrogen-bond acceptors (Lipinski definition) is 5. The first-order chi connectivity index (χ1) is 17.4. The van der Waals surface area contributed by atoms with E-state index in [-0.39, 0.29) is 12.0 Å². The van der Waals surface area contributed by atoms with Crippen LogP contribution < -0.4 is 4.74 Å². The third kappa shape index (κ3) is 3.99. The molecule has 1 fully saturated rings. The normalized spacial score (nSPS) is 16.4. The SMILES string of the molecule is COC(=O)c1ccc(C2CCCCN2Cc2c(OC)cc(C)c3c2ccn3C(=O)O)c2ccccc12. The Bertz CT molecular complexity index is 1470. The van der Waals surface area contributed by atoms with Gasteiger partial charge in [0, 0.05) is 29.7 Å². The summed E-state index contributed by atoms with van der Waals surface area (Å²) >= 11 is 0. The van der Waals surface area contributed by atoms with Gasteiger partial charge in [0.1, 0.15) is 5.75 Å². The maximum absolute atomic E-state index is 12.4. The number of aryl methyl sites for hydroxylation is 1. The average Bonchev–Trinajstić information content (AvgIpc) is 3.36. The van der Waals surface area contributed by atoms with Crippen molar-refractivity contribution in [2.24, 2.45) is 0 Å². The second-order valence-electron chi connectivity index (χ2n) is 9.33. The lowest BCUT2D eigenvalue weighted by Crippen LogP contribution is -2.33. The molecule has 7 nitrogen and oxygen atoms in total. The first-order valence-corrected chi connectivity index (χ1v) is 12.2. The Kier molecular flexibility index (Phi) is 6.41. The molecular weight excluding hydrogens is 456 g/mol. The number of esters is 1. The van der Waals surface area contributed by atoms with Crippen LogP contribution >= 0.6 is 0 Å². The van der Waals surface area contributed by atoms with Gasteiger partial charge < -0.3 is 14.6 Å². The molecule has 1 aromatic heterocycles. The van der Waals surface area contributed by atoms with Crippen molar-refractivity contribution in [3.63, 3.8) is 0 Å². The predicted molar refractivity (Wildman–Crippen MR) is 139 cm³/mol. The number of carbonyl (C=O) groups excluding carboxylic acids is 1. The Morgan fingerprint density at radius 2 is 1.81 bits per heavy atom. The molecule has 7 heteroatoms. The van der Waals surface area contributed by atoms with Crippen LogP contribution in [0, 0.1) is 6.92 Å². The fraction of sp³-hybridized carbons (Fsp3) is 0.310. The lowest BCUT2D eigenvalue weighted by atomic mass is 9.89. The summed E-state index contributed by atoms with van der Waals surface area (Å²) in [4.78, 5) is 26.7. The maximum Gasteiger partial charge on any atom is 0.416 e. The van der Waals surface area contributed by atoms with Gasteiger partial charge in [-0.05, 0) is 66.4 Å². The number of rotatable bonds is 5. The maximum atomic E-state index is 12.4. The highest BCUT2D eigenvalue weighted by Gasteiger charge is 2.28. The Hall–Kier alpha value is -3.84. The summed E-state index contributed by atoms with van der Waals surface area (Å²) in [6.45, 7) is 3.45. The van der Waals surface area contributed by atoms with Crippen LogP contribution in [0.1, 0.15) is 52.4 Å². The summed E-state index contributed by atoms with van der Waals surface area (Å²) < 4.78 is 12.1. The number of carboxylic acid groups (broad SMARTS) is 1. The molecule has 4 aromatic rings. The molecule has 0 saturated carbocycles. The summed E-state index contributed by atoms with van der Waals surface area (Å²) in [6.07, 6.45) is 3.80. The highest BCUT2D eigenvalue weighted by molar-refractivity contribution is 6.05. The number of aromatic nitrogens is 1. The highest BCUT2D eigenvalue weighted by Crippen LogP contribution is 2.40. The number of benzene rings is 3. The summed E-state index contributed by atoms with van der Waals surface area (Å²) in [5, 5.41) is 12.5. The zero-order valence-corrected chi connectivity index (χ0v) is 20.8. The second-order valence-corrected chi connectivity index (χ2v) is 9.33. The number of carbonyl (C=O) groups is 2. The van der Waals surface area contributed by atoms with Crippen molar-refractivity contribution in [3.05, 3.63) is 77.0 Å². The minimum atomic E-state index is -1.00. The Labute approximate surface area is 209 Å². The van der Waals surface area contributed by atoms with Crippen molar-refractivity contribution in [2.75, 3.05) is 20.8 Å². The van der Waals surface area contributed by atoms with Crippen LogP contribution in [0.15, 0.2) is 54.7 Å². The number of methoxy groups -OCH3 is 2. The van der Waals surface area contributed by atoms with Crippen LogP contribution in [-0.2, 0) is 11.3 Å². The lowest BCUT2D eigenvalue weighted by Gasteiger charge is -2.37. The molecule has 3 aromatic carbocycles. The summed E-state index contributed by atoms with van der Waals surface area (Å²) in [6, 6.07) is 15.9. The van der Waals surface area contributed by atoms with Crippen molar-refractivity contribution in [1.29, 1.82) is 0 Å². The Morgan fingerprint density at radius 3 is 2.53 bits per heavy atom. The molecule has 0 radical (unpaired) electrons. The zero-order valence-electron chi connectivity index (χ0n) is 20.8. The molecule has 0 spiro atoms. The fourth-order valence-corrected chi connectivity index (χ4v) is 5.70.